The first-order chi connectivity index (χ1) is 12.5. The summed E-state index contributed by atoms with van der Waals surface area (Å²) in [7, 11) is 3.52. The Hall–Kier alpha value is -1.95. The lowest BCUT2D eigenvalue weighted by molar-refractivity contribution is 0.0827. The van der Waals surface area contributed by atoms with Crippen molar-refractivity contribution >= 4 is 23.1 Å². The van der Waals surface area contributed by atoms with Crippen LogP contribution in [0.15, 0.2) is 17.6 Å². The van der Waals surface area contributed by atoms with Gasteiger partial charge < -0.3 is 10.2 Å². The van der Waals surface area contributed by atoms with E-state index in [4.69, 9.17) is 0 Å². The van der Waals surface area contributed by atoms with Gasteiger partial charge in [-0.25, -0.2) is 9.97 Å². The van der Waals surface area contributed by atoms with Crippen LogP contribution < -0.4 is 5.32 Å². The molecule has 1 saturated carbocycles. The molecule has 4 rings (SSSR count). The van der Waals surface area contributed by atoms with Gasteiger partial charge in [0, 0.05) is 43.7 Å². The highest BCUT2D eigenvalue weighted by Gasteiger charge is 2.29. The molecule has 1 unspecified atom stereocenters. The second-order valence-corrected chi connectivity index (χ2v) is 8.73. The lowest BCUT2D eigenvalue weighted by atomic mass is 9.79. The van der Waals surface area contributed by atoms with Crippen molar-refractivity contribution in [3.05, 3.63) is 39.5 Å². The monoisotopic (exact) mass is 370 g/mol. The molecule has 1 amide bonds. The Morgan fingerprint density at radius 2 is 2.04 bits per heavy atom. The van der Waals surface area contributed by atoms with E-state index in [0.29, 0.717) is 10.9 Å². The minimum absolute atomic E-state index is 0.0318. The Labute approximate surface area is 158 Å². The summed E-state index contributed by atoms with van der Waals surface area (Å²) in [4.78, 5) is 23.0. The quantitative estimate of drug-likeness (QED) is 0.884. The maximum Gasteiger partial charge on any atom is 0.282 e. The topological polar surface area (TPSA) is 58.1 Å². The average molecular weight is 371 g/mol. The first-order valence-corrected chi connectivity index (χ1v) is 10.3. The first-order valence-electron chi connectivity index (χ1n) is 9.43. The number of rotatable bonds is 3. The van der Waals surface area contributed by atoms with E-state index >= 15 is 0 Å². The molecular weight excluding hydrogens is 344 g/mol. The Morgan fingerprint density at radius 3 is 2.77 bits per heavy atom. The van der Waals surface area contributed by atoms with E-state index in [-0.39, 0.29) is 11.8 Å². The smallest absolute Gasteiger partial charge is 0.282 e. The van der Waals surface area contributed by atoms with E-state index in [1.165, 1.54) is 48.1 Å². The number of carbonyl (C=O) groups is 1. The third kappa shape index (κ3) is 3.22. The number of thiazole rings is 1. The van der Waals surface area contributed by atoms with Gasteiger partial charge >= 0.3 is 0 Å². The van der Waals surface area contributed by atoms with Gasteiger partial charge in [0.2, 0.25) is 0 Å². The Morgan fingerprint density at radius 1 is 1.27 bits per heavy atom. The molecule has 0 bridgehead atoms. The molecule has 1 N–H and O–H groups in total. The Balaban J connectivity index is 1.59. The predicted octanol–water partition coefficient (Wildman–Crippen LogP) is 4.09. The summed E-state index contributed by atoms with van der Waals surface area (Å²) < 4.78 is 0. The first kappa shape index (κ1) is 17.5. The summed E-state index contributed by atoms with van der Waals surface area (Å²) >= 11 is 1.43. The number of carbonyl (C=O) groups excluding carboxylic acids is 1. The second kappa shape index (κ2) is 6.99. The fourth-order valence-electron chi connectivity index (χ4n) is 4.04. The predicted molar refractivity (Wildman–Crippen MR) is 105 cm³/mol. The summed E-state index contributed by atoms with van der Waals surface area (Å²) in [6, 6.07) is 2.33. The van der Waals surface area contributed by atoms with Crippen molar-refractivity contribution in [1.29, 1.82) is 0 Å². The SMILES string of the molecule is CC1CCC(c2cnc3c(c2)C(c2csc(C(=O)N(C)C)n2)CN3)CC1. The maximum absolute atomic E-state index is 12.2. The van der Waals surface area contributed by atoms with Crippen molar-refractivity contribution in [1.82, 2.24) is 14.9 Å². The van der Waals surface area contributed by atoms with Gasteiger partial charge in [-0.05, 0) is 36.3 Å². The van der Waals surface area contributed by atoms with Gasteiger partial charge in [0.15, 0.2) is 5.01 Å². The molecule has 2 aliphatic rings. The zero-order valence-corrected chi connectivity index (χ0v) is 16.5. The zero-order chi connectivity index (χ0) is 18.3. The molecule has 1 atom stereocenters. The van der Waals surface area contributed by atoms with Gasteiger partial charge in [-0.3, -0.25) is 4.79 Å². The van der Waals surface area contributed by atoms with Crippen LogP contribution >= 0.6 is 11.3 Å². The summed E-state index contributed by atoms with van der Waals surface area (Å²) in [5, 5.41) is 5.99. The summed E-state index contributed by atoms with van der Waals surface area (Å²) in [5.74, 6) is 2.60. The highest BCUT2D eigenvalue weighted by molar-refractivity contribution is 7.11. The van der Waals surface area contributed by atoms with Crippen LogP contribution in [0, 0.1) is 5.92 Å². The molecule has 6 heteroatoms. The number of pyridine rings is 1. The van der Waals surface area contributed by atoms with Gasteiger partial charge in [-0.2, -0.15) is 0 Å². The van der Waals surface area contributed by atoms with Crippen LogP contribution in [0.1, 0.15) is 71.1 Å². The molecule has 26 heavy (non-hydrogen) atoms. The van der Waals surface area contributed by atoms with Crippen LogP contribution in [0.3, 0.4) is 0 Å². The number of nitrogens with zero attached hydrogens (tertiary/aromatic N) is 3. The highest BCUT2D eigenvalue weighted by Crippen LogP contribution is 2.40. The van der Waals surface area contributed by atoms with E-state index < -0.39 is 0 Å². The minimum atomic E-state index is -0.0318. The van der Waals surface area contributed by atoms with Gasteiger partial charge in [-0.1, -0.05) is 19.8 Å². The number of hydrogen-bond acceptors (Lipinski definition) is 5. The van der Waals surface area contributed by atoms with Crippen LogP contribution in [0.4, 0.5) is 5.82 Å². The molecule has 0 spiro atoms. The van der Waals surface area contributed by atoms with Crippen molar-refractivity contribution in [3.63, 3.8) is 0 Å². The number of hydrogen-bond donors (Lipinski definition) is 1. The fourth-order valence-corrected chi connectivity index (χ4v) is 4.93. The summed E-state index contributed by atoms with van der Waals surface area (Å²) in [6.45, 7) is 3.15. The van der Waals surface area contributed by atoms with Gasteiger partial charge in [0.25, 0.3) is 5.91 Å². The molecule has 2 aromatic heterocycles. The maximum atomic E-state index is 12.2. The molecule has 1 aliphatic carbocycles. The third-order valence-electron chi connectivity index (χ3n) is 5.74. The van der Waals surface area contributed by atoms with E-state index in [0.717, 1.165) is 24.0 Å². The van der Waals surface area contributed by atoms with Crippen molar-refractivity contribution in [3.8, 4) is 0 Å². The number of nitrogens with one attached hydrogen (secondary N) is 1. The van der Waals surface area contributed by atoms with Crippen LogP contribution in [0.5, 0.6) is 0 Å². The third-order valence-corrected chi connectivity index (χ3v) is 6.59. The van der Waals surface area contributed by atoms with E-state index in [9.17, 15) is 4.79 Å². The highest BCUT2D eigenvalue weighted by atomic mass is 32.1. The number of amides is 1. The van der Waals surface area contributed by atoms with E-state index in [2.05, 4.69) is 34.5 Å². The molecule has 2 aromatic rings. The largest absolute Gasteiger partial charge is 0.369 e. The molecule has 0 aromatic carbocycles. The van der Waals surface area contributed by atoms with Gasteiger partial charge in [0.1, 0.15) is 5.82 Å². The normalized spacial score (nSPS) is 24.8. The Kier molecular flexibility index (Phi) is 4.69. The lowest BCUT2D eigenvalue weighted by Gasteiger charge is -2.26. The molecule has 0 radical (unpaired) electrons. The van der Waals surface area contributed by atoms with E-state index in [1.807, 2.05) is 5.38 Å². The van der Waals surface area contributed by atoms with Gasteiger partial charge in [0.05, 0.1) is 5.69 Å². The van der Waals surface area contributed by atoms with Crippen LogP contribution in [-0.4, -0.2) is 41.4 Å². The summed E-state index contributed by atoms with van der Waals surface area (Å²) in [6.07, 6.45) is 7.20. The number of fused-ring (bicyclic) bond motifs is 1. The summed E-state index contributed by atoms with van der Waals surface area (Å²) in [5.41, 5.74) is 3.57. The number of aromatic nitrogens is 2. The van der Waals surface area contributed by atoms with Crippen LogP contribution in [0.25, 0.3) is 0 Å². The standard InChI is InChI=1S/C20H26N4OS/c1-12-4-6-13(7-5-12)14-8-15-16(10-22-18(15)21-9-14)17-11-26-19(23-17)20(25)24(2)3/h8-9,11-13,16H,4-7,10H2,1-3H3,(H,21,22). The molecule has 3 heterocycles. The molecule has 1 fully saturated rings. The average Bonchev–Trinajstić information content (AvgIpc) is 3.27. The van der Waals surface area contributed by atoms with Crippen LogP contribution in [0.2, 0.25) is 0 Å². The van der Waals surface area contributed by atoms with Crippen LogP contribution in [-0.2, 0) is 0 Å². The minimum Gasteiger partial charge on any atom is -0.369 e. The van der Waals surface area contributed by atoms with Crippen molar-refractivity contribution < 1.29 is 4.79 Å². The fraction of sp³-hybridized carbons (Fsp3) is 0.550. The molecule has 138 valence electrons. The Bertz CT molecular complexity index is 808. The lowest BCUT2D eigenvalue weighted by Crippen LogP contribution is -2.21. The van der Waals surface area contributed by atoms with Crippen molar-refractivity contribution in [2.45, 2.75) is 44.4 Å². The van der Waals surface area contributed by atoms with E-state index in [1.54, 1.807) is 19.0 Å². The number of anilines is 1. The zero-order valence-electron chi connectivity index (χ0n) is 15.7. The van der Waals surface area contributed by atoms with Crippen molar-refractivity contribution in [2.75, 3.05) is 26.0 Å². The molecular formula is C20H26N4OS. The van der Waals surface area contributed by atoms with Gasteiger partial charge in [-0.15, -0.1) is 11.3 Å². The van der Waals surface area contributed by atoms with Crippen molar-refractivity contribution in [2.24, 2.45) is 5.92 Å². The molecule has 0 saturated heterocycles. The molecule has 5 nitrogen and oxygen atoms in total. The second-order valence-electron chi connectivity index (χ2n) is 7.87. The molecule has 1 aliphatic heterocycles.